The van der Waals surface area contributed by atoms with Crippen molar-refractivity contribution in [3.63, 3.8) is 0 Å². The van der Waals surface area contributed by atoms with Gasteiger partial charge in [-0.2, -0.15) is 0 Å². The van der Waals surface area contributed by atoms with Crippen LogP contribution in [0, 0.1) is 0 Å². The molecule has 4 heteroatoms. The molecule has 0 aliphatic carbocycles. The zero-order valence-corrected chi connectivity index (χ0v) is 14.0. The maximum Gasteiger partial charge on any atom is 0.119 e. The molecule has 1 aliphatic rings. The summed E-state index contributed by atoms with van der Waals surface area (Å²) < 4.78 is 18.8. The number of nitrogens with zero attached hydrogens (tertiary/aromatic N) is 1. The summed E-state index contributed by atoms with van der Waals surface area (Å²) in [4.78, 5) is 2.37. The average molecular weight is 328 g/mol. The van der Waals surface area contributed by atoms with Crippen molar-refractivity contribution in [2.75, 3.05) is 32.9 Å². The normalized spacial score (nSPS) is 16.7. The van der Waals surface area contributed by atoms with Gasteiger partial charge in [0.25, 0.3) is 0 Å². The lowest BCUT2D eigenvalue weighted by molar-refractivity contribution is 0.157. The van der Waals surface area contributed by atoms with Gasteiger partial charge in [-0.1, -0.05) is 42.5 Å². The number of hydrogen-bond donors (Lipinski definition) is 1. The van der Waals surface area contributed by atoms with Crippen molar-refractivity contribution in [3.05, 3.63) is 65.7 Å². The summed E-state index contributed by atoms with van der Waals surface area (Å²) in [5.74, 6) is 0.849. The number of benzene rings is 2. The Labute approximate surface area is 143 Å². The number of piperazine rings is 1. The molecule has 24 heavy (non-hydrogen) atoms. The highest BCUT2D eigenvalue weighted by Gasteiger charge is 2.21. The van der Waals surface area contributed by atoms with E-state index in [2.05, 4.69) is 34.5 Å². The van der Waals surface area contributed by atoms with E-state index in [1.807, 2.05) is 30.3 Å². The van der Waals surface area contributed by atoms with Crippen molar-refractivity contribution in [2.24, 2.45) is 0 Å². The van der Waals surface area contributed by atoms with Gasteiger partial charge in [0.2, 0.25) is 0 Å². The summed E-state index contributed by atoms with van der Waals surface area (Å²) in [6.07, 6.45) is 0.546. The highest BCUT2D eigenvalue weighted by molar-refractivity contribution is 5.30. The molecule has 1 heterocycles. The molecule has 1 N–H and O–H groups in total. The molecule has 1 fully saturated rings. The fraction of sp³-hybridized carbons (Fsp3) is 0.400. The van der Waals surface area contributed by atoms with Crippen LogP contribution in [0.2, 0.25) is 0 Å². The summed E-state index contributed by atoms with van der Waals surface area (Å²) in [7, 11) is 0. The molecule has 0 aromatic heterocycles. The monoisotopic (exact) mass is 328 g/mol. The fourth-order valence-corrected chi connectivity index (χ4v) is 3.18. The third-order valence-electron chi connectivity index (χ3n) is 4.49. The van der Waals surface area contributed by atoms with Crippen LogP contribution in [0.15, 0.2) is 54.6 Å². The van der Waals surface area contributed by atoms with Crippen LogP contribution in [0.5, 0.6) is 5.75 Å². The Morgan fingerprint density at radius 1 is 1.00 bits per heavy atom. The summed E-state index contributed by atoms with van der Waals surface area (Å²) in [5, 5.41) is 3.35. The summed E-state index contributed by atoms with van der Waals surface area (Å²) >= 11 is 0. The van der Waals surface area contributed by atoms with Crippen molar-refractivity contribution in [1.29, 1.82) is 0 Å². The molecule has 3 nitrogen and oxygen atoms in total. The third-order valence-corrected chi connectivity index (χ3v) is 4.49. The van der Waals surface area contributed by atoms with Crippen molar-refractivity contribution in [1.82, 2.24) is 10.2 Å². The molecule has 0 bridgehead atoms. The van der Waals surface area contributed by atoms with Crippen LogP contribution in [0.25, 0.3) is 0 Å². The lowest BCUT2D eigenvalue weighted by atomic mass is 10.0. The van der Waals surface area contributed by atoms with E-state index in [1.165, 1.54) is 5.56 Å². The molecule has 1 saturated heterocycles. The number of ether oxygens (including phenoxy) is 1. The van der Waals surface area contributed by atoms with E-state index in [9.17, 15) is 4.39 Å². The standard InChI is InChI=1S/C20H25FN2O/c21-11-10-20(23-14-12-22-13-15-23)18-6-8-19(9-7-18)24-16-17-4-2-1-3-5-17/h1-9,20,22H,10-16H2/t20-/m1/s1. The van der Waals surface area contributed by atoms with Gasteiger partial charge in [0, 0.05) is 32.2 Å². The quantitative estimate of drug-likeness (QED) is 0.841. The first-order chi connectivity index (χ1) is 11.9. The topological polar surface area (TPSA) is 24.5 Å². The maximum absolute atomic E-state index is 13.0. The Kier molecular flexibility index (Phi) is 6.21. The second kappa shape index (κ2) is 8.81. The summed E-state index contributed by atoms with van der Waals surface area (Å²) in [6, 6.07) is 18.4. The van der Waals surface area contributed by atoms with E-state index in [4.69, 9.17) is 4.74 Å². The molecular formula is C20H25FN2O. The zero-order chi connectivity index (χ0) is 16.6. The van der Waals surface area contributed by atoms with Crippen molar-refractivity contribution >= 4 is 0 Å². The first kappa shape index (κ1) is 16.9. The first-order valence-electron chi connectivity index (χ1n) is 8.64. The number of hydrogen-bond acceptors (Lipinski definition) is 3. The molecule has 1 atom stereocenters. The van der Waals surface area contributed by atoms with Crippen LogP contribution in [-0.4, -0.2) is 37.8 Å². The highest BCUT2D eigenvalue weighted by Crippen LogP contribution is 2.27. The Morgan fingerprint density at radius 2 is 1.71 bits per heavy atom. The predicted molar refractivity (Wildman–Crippen MR) is 95.0 cm³/mol. The van der Waals surface area contributed by atoms with Crippen LogP contribution < -0.4 is 10.1 Å². The fourth-order valence-electron chi connectivity index (χ4n) is 3.18. The number of halogens is 1. The minimum absolute atomic E-state index is 0.153. The van der Waals surface area contributed by atoms with Crippen LogP contribution in [0.4, 0.5) is 4.39 Å². The molecule has 2 aromatic carbocycles. The Balaban J connectivity index is 1.63. The van der Waals surface area contributed by atoms with Gasteiger partial charge >= 0.3 is 0 Å². The molecule has 3 rings (SSSR count). The Bertz CT molecular complexity index is 597. The lowest BCUT2D eigenvalue weighted by Gasteiger charge is -2.35. The van der Waals surface area contributed by atoms with Crippen molar-refractivity contribution in [3.8, 4) is 5.75 Å². The molecule has 0 spiro atoms. The molecule has 1 aliphatic heterocycles. The first-order valence-corrected chi connectivity index (χ1v) is 8.64. The SMILES string of the molecule is FCC[C@H](c1ccc(OCc2ccccc2)cc1)N1CCNCC1. The summed E-state index contributed by atoms with van der Waals surface area (Å²) in [6.45, 7) is 4.16. The van der Waals surface area contributed by atoms with Crippen LogP contribution >= 0.6 is 0 Å². The highest BCUT2D eigenvalue weighted by atomic mass is 19.1. The van der Waals surface area contributed by atoms with Crippen molar-refractivity contribution < 1.29 is 9.13 Å². The zero-order valence-electron chi connectivity index (χ0n) is 14.0. The van der Waals surface area contributed by atoms with Crippen LogP contribution in [0.1, 0.15) is 23.6 Å². The molecule has 2 aromatic rings. The minimum Gasteiger partial charge on any atom is -0.489 e. The Morgan fingerprint density at radius 3 is 2.38 bits per heavy atom. The maximum atomic E-state index is 13.0. The van der Waals surface area contributed by atoms with Gasteiger partial charge in [-0.25, -0.2) is 0 Å². The summed E-state index contributed by atoms with van der Waals surface area (Å²) in [5.41, 5.74) is 2.32. The van der Waals surface area contributed by atoms with E-state index in [1.54, 1.807) is 0 Å². The van der Waals surface area contributed by atoms with Gasteiger partial charge in [0.1, 0.15) is 12.4 Å². The number of alkyl halides is 1. The van der Waals surface area contributed by atoms with Gasteiger partial charge in [-0.05, 0) is 29.7 Å². The van der Waals surface area contributed by atoms with Crippen molar-refractivity contribution in [2.45, 2.75) is 19.1 Å². The van der Waals surface area contributed by atoms with E-state index in [0.717, 1.165) is 37.5 Å². The second-order valence-corrected chi connectivity index (χ2v) is 6.12. The second-order valence-electron chi connectivity index (χ2n) is 6.12. The molecule has 0 radical (unpaired) electrons. The van der Waals surface area contributed by atoms with E-state index in [0.29, 0.717) is 13.0 Å². The Hall–Kier alpha value is -1.91. The van der Waals surface area contributed by atoms with E-state index in [-0.39, 0.29) is 12.7 Å². The number of rotatable bonds is 7. The van der Waals surface area contributed by atoms with Crippen LogP contribution in [0.3, 0.4) is 0 Å². The number of nitrogens with one attached hydrogen (secondary N) is 1. The average Bonchev–Trinajstić information content (AvgIpc) is 2.66. The molecular weight excluding hydrogens is 303 g/mol. The van der Waals surface area contributed by atoms with Crippen LogP contribution in [-0.2, 0) is 6.61 Å². The lowest BCUT2D eigenvalue weighted by Crippen LogP contribution is -2.45. The molecule has 128 valence electrons. The minimum atomic E-state index is -0.291. The molecule has 0 saturated carbocycles. The van der Waals surface area contributed by atoms with Gasteiger partial charge in [-0.15, -0.1) is 0 Å². The third kappa shape index (κ3) is 4.56. The smallest absolute Gasteiger partial charge is 0.119 e. The van der Waals surface area contributed by atoms with Gasteiger partial charge < -0.3 is 10.1 Å². The largest absolute Gasteiger partial charge is 0.489 e. The van der Waals surface area contributed by atoms with E-state index >= 15 is 0 Å². The molecule has 0 unspecified atom stereocenters. The van der Waals surface area contributed by atoms with E-state index < -0.39 is 0 Å². The predicted octanol–water partition coefficient (Wildman–Crippen LogP) is 3.57. The molecule has 0 amide bonds. The van der Waals surface area contributed by atoms with Gasteiger partial charge in [0.15, 0.2) is 0 Å². The van der Waals surface area contributed by atoms with Gasteiger partial charge in [0.05, 0.1) is 6.67 Å². The van der Waals surface area contributed by atoms with Gasteiger partial charge in [-0.3, -0.25) is 9.29 Å².